The predicted molar refractivity (Wildman–Crippen MR) is 401 cm³/mol. The van der Waals surface area contributed by atoms with Crippen molar-refractivity contribution < 1.29 is 43.0 Å². The van der Waals surface area contributed by atoms with E-state index >= 15 is 0 Å². The van der Waals surface area contributed by atoms with E-state index in [0.29, 0.717) is 72.9 Å². The van der Waals surface area contributed by atoms with Crippen LogP contribution in [0.25, 0.3) is 0 Å². The fraction of sp³-hybridized carbons (Fsp3) is 0.636. The second kappa shape index (κ2) is 39.6. The smallest absolute Gasteiger partial charge is 0.206 e. The summed E-state index contributed by atoms with van der Waals surface area (Å²) in [6, 6.07) is 42.0. The van der Waals surface area contributed by atoms with Gasteiger partial charge in [0.25, 0.3) is 0 Å². The molecule has 2 bridgehead atoms. The Morgan fingerprint density at radius 1 is 0.505 bits per heavy atom. The first kappa shape index (κ1) is 77.4. The Balaban J connectivity index is 0.000000174. The van der Waals surface area contributed by atoms with Crippen LogP contribution in [0.5, 0.6) is 28.7 Å². The van der Waals surface area contributed by atoms with Gasteiger partial charge in [-0.1, -0.05) is 207 Å². The average molecular weight is 1330 g/mol. The molecular weight excluding hydrogens is 1200 g/mol. The summed E-state index contributed by atoms with van der Waals surface area (Å²) in [5.41, 5.74) is 6.93. The van der Waals surface area contributed by atoms with E-state index in [9.17, 15) is 0 Å². The maximum absolute atomic E-state index is 9.01. The molecule has 1 N–H and O–H groups in total. The van der Waals surface area contributed by atoms with E-state index in [0.717, 1.165) is 80.5 Å². The van der Waals surface area contributed by atoms with Gasteiger partial charge in [-0.2, -0.15) is 0 Å². The third-order valence-corrected chi connectivity index (χ3v) is 23.0. The SMILES string of the molecule is CCC(C)c1ccc(O)cc1.CCC(C)c1ccc(OC(OC(C)C)C2(C)CC3C=CC2C3)cc1.CCC(C)c1ccc(OC(OCC2CCCO2)C(C)(C)C2CCCCC2)cc1.CCC(C)c1ccc(OC(OCCOc2ccc(C3CCCCC3)cc2)C2CCCCC2)cc1. The van der Waals surface area contributed by atoms with E-state index in [2.05, 4.69) is 199 Å². The first-order valence-corrected chi connectivity index (χ1v) is 38.9. The Kier molecular flexibility index (Phi) is 31.6. The molecule has 11 atom stereocenters. The molecule has 4 saturated carbocycles. The second-order valence-corrected chi connectivity index (χ2v) is 30.9. The third kappa shape index (κ3) is 23.6. The number of benzene rings is 5. The molecule has 1 saturated heterocycles. The van der Waals surface area contributed by atoms with E-state index in [1.54, 1.807) is 12.1 Å². The summed E-state index contributed by atoms with van der Waals surface area (Å²) in [5.74, 6) is 9.47. The maximum atomic E-state index is 9.01. The van der Waals surface area contributed by atoms with E-state index in [1.807, 2.05) is 12.1 Å². The minimum atomic E-state index is -0.241. The fourth-order valence-electron chi connectivity index (χ4n) is 15.4. The summed E-state index contributed by atoms with van der Waals surface area (Å²) >= 11 is 0. The highest BCUT2D eigenvalue weighted by Gasteiger charge is 2.52. The lowest BCUT2D eigenvalue weighted by Crippen LogP contribution is -2.44. The standard InChI is InChI=1S/C31H44O3.C25H40O3.C22H32O2.C10H14O/c1-3-24(2)25-14-20-30(21-15-25)34-31(28-12-8-5-9-13-28)33-23-22-32-29-18-16-27(17-19-29)26-10-6-4-7-11-26;1-5-19(2)20-13-15-22(16-14-20)28-24(27-18-23-12-9-17-26-23)25(3,4)21-10-7-6-8-11-21;1-6-16(4)18-8-11-20(12-9-18)24-21(23-15(2)3)22(5)14-17-7-10-19(22)13-17;1-3-8(2)9-4-6-10(11)7-5-9/h14-21,24,26,28,31H,3-13,22-23H2,1-2H3;13-16,19,21,23-24H,5-12,17-18H2,1-4H3;7-12,15-17,19,21H,6,13-14H2,1-5H3;4-8,11H,3H2,1-2H3. The molecule has 0 spiro atoms. The minimum Gasteiger partial charge on any atom is -0.508 e. The topological polar surface area (TPSA) is 94.1 Å². The number of ether oxygens (including phenoxy) is 8. The Labute approximate surface area is 589 Å². The predicted octanol–water partition coefficient (Wildman–Crippen LogP) is 24.2. The van der Waals surface area contributed by atoms with Crippen molar-refractivity contribution >= 4 is 0 Å². The highest BCUT2D eigenvalue weighted by atomic mass is 16.7. The number of hydrogen-bond acceptors (Lipinski definition) is 9. The number of allylic oxidation sites excluding steroid dienone is 2. The molecule has 11 unspecified atom stereocenters. The Hall–Kier alpha value is -5.32. The zero-order valence-corrected chi connectivity index (χ0v) is 62.6. The van der Waals surface area contributed by atoms with E-state index < -0.39 is 0 Å². The van der Waals surface area contributed by atoms with Crippen molar-refractivity contribution in [3.8, 4) is 28.7 Å². The van der Waals surface area contributed by atoms with Crippen LogP contribution >= 0.6 is 0 Å². The lowest BCUT2D eigenvalue weighted by atomic mass is 9.70. The van der Waals surface area contributed by atoms with Crippen LogP contribution in [0.3, 0.4) is 0 Å². The quantitative estimate of drug-likeness (QED) is 0.0285. The summed E-state index contributed by atoms with van der Waals surface area (Å²) in [6.45, 7) is 31.6. The molecule has 0 aromatic heterocycles. The molecule has 5 aromatic rings. The molecule has 9 heteroatoms. The van der Waals surface area contributed by atoms with Gasteiger partial charge >= 0.3 is 0 Å². The Morgan fingerprint density at radius 2 is 0.979 bits per heavy atom. The Morgan fingerprint density at radius 3 is 1.44 bits per heavy atom. The second-order valence-electron chi connectivity index (χ2n) is 30.9. The normalized spacial score (nSPS) is 22.7. The van der Waals surface area contributed by atoms with Gasteiger partial charge < -0.3 is 43.0 Å². The van der Waals surface area contributed by atoms with Crippen LogP contribution in [0.15, 0.2) is 133 Å². The van der Waals surface area contributed by atoms with Gasteiger partial charge in [-0.05, 0) is 240 Å². The van der Waals surface area contributed by atoms with Crippen molar-refractivity contribution in [1.29, 1.82) is 0 Å². The summed E-state index contributed by atoms with van der Waals surface area (Å²) in [6.07, 6.45) is 33.4. The molecule has 536 valence electrons. The van der Waals surface area contributed by atoms with Gasteiger partial charge in [0.05, 0.1) is 25.4 Å². The number of hydrogen-bond donors (Lipinski definition) is 1. The van der Waals surface area contributed by atoms with Crippen molar-refractivity contribution in [3.05, 3.63) is 161 Å². The van der Waals surface area contributed by atoms with E-state index in [1.165, 1.54) is 131 Å². The summed E-state index contributed by atoms with van der Waals surface area (Å²) in [7, 11) is 0. The number of phenolic OH excluding ortho intramolecular Hbond substituents is 1. The molecule has 11 rings (SSSR count). The van der Waals surface area contributed by atoms with Crippen molar-refractivity contribution in [3.63, 3.8) is 0 Å². The highest BCUT2D eigenvalue weighted by molar-refractivity contribution is 5.33. The molecule has 0 amide bonds. The monoisotopic (exact) mass is 1330 g/mol. The average Bonchev–Trinajstić information content (AvgIpc) is 1.61. The first-order chi connectivity index (χ1) is 46.9. The van der Waals surface area contributed by atoms with Crippen LogP contribution in [0.4, 0.5) is 0 Å². The molecule has 1 heterocycles. The van der Waals surface area contributed by atoms with Crippen LogP contribution < -0.4 is 18.9 Å². The van der Waals surface area contributed by atoms with Crippen molar-refractivity contribution in [2.24, 2.45) is 34.5 Å². The molecule has 0 radical (unpaired) electrons. The fourth-order valence-corrected chi connectivity index (χ4v) is 15.4. The zero-order chi connectivity index (χ0) is 69.2. The van der Waals surface area contributed by atoms with Gasteiger partial charge in [0, 0.05) is 23.4 Å². The van der Waals surface area contributed by atoms with Gasteiger partial charge in [0.2, 0.25) is 18.9 Å². The van der Waals surface area contributed by atoms with Gasteiger partial charge in [0.15, 0.2) is 0 Å². The third-order valence-electron chi connectivity index (χ3n) is 23.0. The summed E-state index contributed by atoms with van der Waals surface area (Å²) in [5, 5.41) is 9.01. The van der Waals surface area contributed by atoms with Crippen molar-refractivity contribution in [1.82, 2.24) is 0 Å². The van der Waals surface area contributed by atoms with Gasteiger partial charge in [-0.3, -0.25) is 0 Å². The van der Waals surface area contributed by atoms with E-state index in [4.69, 9.17) is 43.0 Å². The summed E-state index contributed by atoms with van der Waals surface area (Å²) in [4.78, 5) is 0. The number of aromatic hydroxyl groups is 1. The molecule has 5 aliphatic carbocycles. The van der Waals surface area contributed by atoms with Crippen molar-refractivity contribution in [2.45, 2.75) is 298 Å². The lowest BCUT2D eigenvalue weighted by molar-refractivity contribution is -0.181. The molecule has 5 fully saturated rings. The molecular formula is C88H130O9. The number of phenols is 1. The molecule has 1 aliphatic heterocycles. The zero-order valence-electron chi connectivity index (χ0n) is 62.6. The van der Waals surface area contributed by atoms with Crippen LogP contribution in [0.1, 0.15) is 295 Å². The minimum absolute atomic E-state index is 0.0194. The van der Waals surface area contributed by atoms with Gasteiger partial charge in [-0.25, -0.2) is 0 Å². The van der Waals surface area contributed by atoms with Gasteiger partial charge in [0.1, 0.15) is 35.4 Å². The number of rotatable bonds is 29. The van der Waals surface area contributed by atoms with Crippen LogP contribution in [0, 0.1) is 34.5 Å². The highest BCUT2D eigenvalue weighted by Crippen LogP contribution is 2.55. The van der Waals surface area contributed by atoms with E-state index in [-0.39, 0.29) is 41.9 Å². The van der Waals surface area contributed by atoms with Crippen molar-refractivity contribution in [2.75, 3.05) is 26.4 Å². The number of fused-ring (bicyclic) bond motifs is 2. The maximum Gasteiger partial charge on any atom is 0.206 e. The molecule has 9 nitrogen and oxygen atoms in total. The van der Waals surface area contributed by atoms with Gasteiger partial charge in [-0.15, -0.1) is 0 Å². The Bertz CT molecular complexity index is 2950. The first-order valence-electron chi connectivity index (χ1n) is 38.9. The largest absolute Gasteiger partial charge is 0.508 e. The lowest BCUT2D eigenvalue weighted by Gasteiger charge is -2.42. The van der Waals surface area contributed by atoms with Crippen LogP contribution in [-0.2, 0) is 18.9 Å². The van der Waals surface area contributed by atoms with Crippen LogP contribution in [0.2, 0.25) is 0 Å². The molecule has 5 aromatic carbocycles. The molecule has 6 aliphatic rings. The molecule has 97 heavy (non-hydrogen) atoms. The van der Waals surface area contributed by atoms with Crippen LogP contribution in [-0.4, -0.2) is 62.6 Å². The summed E-state index contributed by atoms with van der Waals surface area (Å²) < 4.78 is 49.9.